The van der Waals surface area contributed by atoms with Crippen LogP contribution in [0, 0.1) is 0 Å². The van der Waals surface area contributed by atoms with Crippen molar-refractivity contribution in [1.29, 1.82) is 0 Å². The van der Waals surface area contributed by atoms with E-state index in [4.69, 9.17) is 21.1 Å². The Morgan fingerprint density at radius 2 is 1.85 bits per heavy atom. The minimum Gasteiger partial charge on any atom is -0.497 e. The number of fused-ring (bicyclic) bond motifs is 1. The highest BCUT2D eigenvalue weighted by Gasteiger charge is 2.37. The predicted molar refractivity (Wildman–Crippen MR) is 131 cm³/mol. The minimum absolute atomic E-state index is 0.0676. The van der Waals surface area contributed by atoms with E-state index in [9.17, 15) is 13.2 Å². The van der Waals surface area contributed by atoms with Gasteiger partial charge in [0.05, 0.1) is 24.2 Å². The molecule has 1 N–H and O–H groups in total. The van der Waals surface area contributed by atoms with Gasteiger partial charge < -0.3 is 14.8 Å². The van der Waals surface area contributed by atoms with E-state index in [0.717, 1.165) is 5.56 Å². The number of nitrogens with zero attached hydrogens (tertiary/aromatic N) is 1. The van der Waals surface area contributed by atoms with Crippen LogP contribution < -0.4 is 19.1 Å². The van der Waals surface area contributed by atoms with Crippen LogP contribution in [0.5, 0.6) is 11.5 Å². The number of benzene rings is 3. The molecule has 34 heavy (non-hydrogen) atoms. The fourth-order valence-corrected chi connectivity index (χ4v) is 5.36. The van der Waals surface area contributed by atoms with Gasteiger partial charge in [0.15, 0.2) is 6.10 Å². The molecule has 9 heteroatoms. The van der Waals surface area contributed by atoms with Crippen molar-refractivity contribution < 1.29 is 22.7 Å². The average Bonchev–Trinajstić information content (AvgIpc) is 2.86. The second-order valence-corrected chi connectivity index (χ2v) is 10.3. The number of halogens is 1. The molecule has 0 aliphatic carbocycles. The quantitative estimate of drug-likeness (QED) is 0.525. The summed E-state index contributed by atoms with van der Waals surface area (Å²) < 4.78 is 39.3. The van der Waals surface area contributed by atoms with Gasteiger partial charge >= 0.3 is 0 Å². The lowest BCUT2D eigenvalue weighted by Crippen LogP contribution is -2.51. The van der Waals surface area contributed by atoms with Crippen LogP contribution in [0.1, 0.15) is 18.4 Å². The van der Waals surface area contributed by atoms with Gasteiger partial charge in [-0.05, 0) is 53.9 Å². The Morgan fingerprint density at radius 1 is 1.15 bits per heavy atom. The molecule has 4 rings (SSSR count). The van der Waals surface area contributed by atoms with Crippen molar-refractivity contribution in [3.05, 3.63) is 83.4 Å². The summed E-state index contributed by atoms with van der Waals surface area (Å²) in [4.78, 5) is 13.1. The van der Waals surface area contributed by atoms with E-state index in [2.05, 4.69) is 5.32 Å². The maximum absolute atomic E-state index is 13.5. The SMILES string of the molecule is COc1ccc(S(=O)(=O)N2C[C@@H](C(=O)NC[C@H](C)c3ccccc3)Oc3ccc(Cl)cc32)cc1. The fraction of sp³-hybridized carbons (Fsp3) is 0.240. The Kier molecular flexibility index (Phi) is 7.00. The van der Waals surface area contributed by atoms with E-state index in [-0.39, 0.29) is 28.8 Å². The Morgan fingerprint density at radius 3 is 2.53 bits per heavy atom. The molecule has 0 bridgehead atoms. The molecule has 0 spiro atoms. The van der Waals surface area contributed by atoms with Crippen LogP contribution in [-0.4, -0.2) is 40.6 Å². The lowest BCUT2D eigenvalue weighted by molar-refractivity contribution is -0.127. The van der Waals surface area contributed by atoms with Crippen LogP contribution in [0.15, 0.2) is 77.7 Å². The van der Waals surface area contributed by atoms with Crippen LogP contribution in [-0.2, 0) is 14.8 Å². The molecule has 3 aromatic carbocycles. The van der Waals surface area contributed by atoms with Crippen LogP contribution in [0.2, 0.25) is 5.02 Å². The largest absolute Gasteiger partial charge is 0.497 e. The van der Waals surface area contributed by atoms with Crippen LogP contribution >= 0.6 is 11.6 Å². The minimum atomic E-state index is -4.00. The highest BCUT2D eigenvalue weighted by atomic mass is 35.5. The van der Waals surface area contributed by atoms with Gasteiger partial charge in [-0.1, -0.05) is 48.9 Å². The highest BCUT2D eigenvalue weighted by molar-refractivity contribution is 7.92. The molecule has 0 aromatic heterocycles. The van der Waals surface area contributed by atoms with Gasteiger partial charge in [-0.3, -0.25) is 9.10 Å². The molecule has 1 aliphatic rings. The normalized spacial score (nSPS) is 16.2. The molecule has 0 radical (unpaired) electrons. The second-order valence-electron chi connectivity index (χ2n) is 7.99. The molecule has 1 heterocycles. The molecule has 178 valence electrons. The summed E-state index contributed by atoms with van der Waals surface area (Å²) in [5, 5.41) is 3.25. The van der Waals surface area contributed by atoms with Gasteiger partial charge in [-0.15, -0.1) is 0 Å². The first-order chi connectivity index (χ1) is 16.3. The van der Waals surface area contributed by atoms with Gasteiger partial charge in [-0.2, -0.15) is 0 Å². The number of carbonyl (C=O) groups is 1. The molecule has 7 nitrogen and oxygen atoms in total. The van der Waals surface area contributed by atoms with E-state index in [1.807, 2.05) is 37.3 Å². The zero-order chi connectivity index (χ0) is 24.3. The van der Waals surface area contributed by atoms with Crippen LogP contribution in [0.4, 0.5) is 5.69 Å². The Balaban J connectivity index is 1.58. The number of amides is 1. The van der Waals surface area contributed by atoms with Crippen molar-refractivity contribution in [2.75, 3.05) is 24.5 Å². The van der Waals surface area contributed by atoms with Gasteiger partial charge in [0.25, 0.3) is 15.9 Å². The first-order valence-electron chi connectivity index (χ1n) is 10.8. The maximum atomic E-state index is 13.5. The lowest BCUT2D eigenvalue weighted by atomic mass is 10.0. The predicted octanol–water partition coefficient (Wildman–Crippen LogP) is 4.22. The third-order valence-electron chi connectivity index (χ3n) is 5.68. The maximum Gasteiger partial charge on any atom is 0.264 e. The van der Waals surface area contributed by atoms with Gasteiger partial charge in [-0.25, -0.2) is 8.42 Å². The number of rotatable bonds is 7. The summed E-state index contributed by atoms with van der Waals surface area (Å²) in [6.07, 6.45) is -1.02. The molecule has 0 unspecified atom stereocenters. The third-order valence-corrected chi connectivity index (χ3v) is 7.71. The molecule has 2 atom stereocenters. The number of sulfonamides is 1. The van der Waals surface area contributed by atoms with Crippen molar-refractivity contribution in [3.8, 4) is 11.5 Å². The summed E-state index contributed by atoms with van der Waals surface area (Å²) >= 11 is 6.15. The Hall–Kier alpha value is -3.23. The van der Waals surface area contributed by atoms with Crippen LogP contribution in [0.3, 0.4) is 0 Å². The molecule has 1 amide bonds. The van der Waals surface area contributed by atoms with E-state index < -0.39 is 22.0 Å². The number of ether oxygens (including phenoxy) is 2. The van der Waals surface area contributed by atoms with E-state index in [1.165, 1.54) is 29.6 Å². The van der Waals surface area contributed by atoms with Crippen molar-refractivity contribution >= 4 is 33.2 Å². The zero-order valence-electron chi connectivity index (χ0n) is 18.8. The van der Waals surface area contributed by atoms with E-state index >= 15 is 0 Å². The summed E-state index contributed by atoms with van der Waals surface area (Å²) in [6.45, 7) is 2.21. The first-order valence-corrected chi connectivity index (χ1v) is 12.6. The monoisotopic (exact) mass is 500 g/mol. The van der Waals surface area contributed by atoms with Crippen molar-refractivity contribution in [2.24, 2.45) is 0 Å². The topological polar surface area (TPSA) is 84.9 Å². The summed E-state index contributed by atoms with van der Waals surface area (Å²) in [5.74, 6) is 0.496. The van der Waals surface area contributed by atoms with E-state index in [0.29, 0.717) is 17.3 Å². The number of methoxy groups -OCH3 is 1. The molecule has 0 saturated heterocycles. The average molecular weight is 501 g/mol. The van der Waals surface area contributed by atoms with Crippen molar-refractivity contribution in [3.63, 3.8) is 0 Å². The van der Waals surface area contributed by atoms with E-state index in [1.54, 1.807) is 24.3 Å². The number of hydrogen-bond acceptors (Lipinski definition) is 5. The number of nitrogens with one attached hydrogen (secondary N) is 1. The fourth-order valence-electron chi connectivity index (χ4n) is 3.73. The van der Waals surface area contributed by atoms with Gasteiger partial charge in [0, 0.05) is 11.6 Å². The van der Waals surface area contributed by atoms with Gasteiger partial charge in [0.2, 0.25) is 0 Å². The molecular weight excluding hydrogens is 476 g/mol. The summed E-state index contributed by atoms with van der Waals surface area (Å²) in [6, 6.07) is 20.6. The Labute approximate surface area is 204 Å². The Bertz CT molecular complexity index is 1270. The summed E-state index contributed by atoms with van der Waals surface area (Å²) in [7, 11) is -2.49. The number of carbonyl (C=O) groups excluding carboxylic acids is 1. The molecule has 0 saturated carbocycles. The standard InChI is InChI=1S/C25H25ClN2O5S/c1-17(18-6-4-3-5-7-18)15-27-25(29)24-16-28(22-14-19(26)8-13-23(22)33-24)34(30,31)21-11-9-20(32-2)10-12-21/h3-14,17,24H,15-16H2,1-2H3,(H,27,29)/t17-,24-/m0/s1. The smallest absolute Gasteiger partial charge is 0.264 e. The molecule has 0 fully saturated rings. The van der Waals surface area contributed by atoms with Gasteiger partial charge in [0.1, 0.15) is 11.5 Å². The third kappa shape index (κ3) is 4.98. The molecule has 3 aromatic rings. The lowest BCUT2D eigenvalue weighted by Gasteiger charge is -2.35. The van der Waals surface area contributed by atoms with Crippen molar-refractivity contribution in [1.82, 2.24) is 5.32 Å². The van der Waals surface area contributed by atoms with Crippen LogP contribution in [0.25, 0.3) is 0 Å². The molecule has 1 aliphatic heterocycles. The number of hydrogen-bond donors (Lipinski definition) is 1. The number of anilines is 1. The summed E-state index contributed by atoms with van der Waals surface area (Å²) in [5.41, 5.74) is 1.38. The highest BCUT2D eigenvalue weighted by Crippen LogP contribution is 2.39. The second kappa shape index (κ2) is 9.95. The first kappa shape index (κ1) is 23.9. The molecular formula is C25H25ClN2O5S. The zero-order valence-corrected chi connectivity index (χ0v) is 20.3. The van der Waals surface area contributed by atoms with Crippen molar-refractivity contribution in [2.45, 2.75) is 23.8 Å².